The maximum absolute atomic E-state index is 11.7. The van der Waals surface area contributed by atoms with Gasteiger partial charge in [-0.3, -0.25) is 0 Å². The smallest absolute Gasteiger partial charge is 0.152 e. The second-order valence-corrected chi connectivity index (χ2v) is 10.8. The molecule has 1 N–H and O–H groups in total. The molecule has 0 spiro atoms. The van der Waals surface area contributed by atoms with Crippen molar-refractivity contribution >= 4 is 9.84 Å². The van der Waals surface area contributed by atoms with Gasteiger partial charge in [0.1, 0.15) is 5.75 Å². The van der Waals surface area contributed by atoms with E-state index in [1.807, 2.05) is 12.1 Å². The summed E-state index contributed by atoms with van der Waals surface area (Å²) in [5, 5.41) is 10.1. The summed E-state index contributed by atoms with van der Waals surface area (Å²) in [4.78, 5) is 4.80. The summed E-state index contributed by atoms with van der Waals surface area (Å²) >= 11 is 0. The molecular weight excluding hydrogens is 348 g/mol. The van der Waals surface area contributed by atoms with Crippen LogP contribution in [0.25, 0.3) is 0 Å². The average Bonchev–Trinajstić information content (AvgIpc) is 2.60. The van der Waals surface area contributed by atoms with Gasteiger partial charge in [-0.25, -0.2) is 8.42 Å². The van der Waals surface area contributed by atoms with Crippen LogP contribution in [-0.2, 0) is 21.7 Å². The van der Waals surface area contributed by atoms with Crippen LogP contribution >= 0.6 is 0 Å². The molecule has 2 fully saturated rings. The first kappa shape index (κ1) is 18.3. The number of likely N-dealkylation sites (N-methyl/N-ethyl adjacent to an activating group) is 1. The zero-order valence-electron chi connectivity index (χ0n) is 15.8. The summed E-state index contributed by atoms with van der Waals surface area (Å²) < 4.78 is 23.4. The van der Waals surface area contributed by atoms with Gasteiger partial charge in [0, 0.05) is 24.5 Å². The van der Waals surface area contributed by atoms with Crippen molar-refractivity contribution in [2.75, 3.05) is 44.7 Å². The Hall–Kier alpha value is -1.11. The summed E-state index contributed by atoms with van der Waals surface area (Å²) in [5.74, 6) is 1.47. The molecule has 0 saturated carbocycles. The van der Waals surface area contributed by atoms with Crippen LogP contribution in [0.15, 0.2) is 18.2 Å². The highest BCUT2D eigenvalue weighted by Gasteiger charge is 2.50. The summed E-state index contributed by atoms with van der Waals surface area (Å²) in [7, 11) is -0.603. The summed E-state index contributed by atoms with van der Waals surface area (Å²) in [6, 6.07) is 6.45. The normalized spacial score (nSPS) is 34.4. The lowest BCUT2D eigenvalue weighted by atomic mass is 9.56. The van der Waals surface area contributed by atoms with Crippen LogP contribution in [0.5, 0.6) is 5.75 Å². The number of fused-ring (bicyclic) bond motifs is 4. The van der Waals surface area contributed by atoms with Crippen LogP contribution < -0.4 is 0 Å². The Kier molecular flexibility index (Phi) is 4.56. The van der Waals surface area contributed by atoms with E-state index in [4.69, 9.17) is 0 Å². The number of phenols is 1. The van der Waals surface area contributed by atoms with Gasteiger partial charge in [0.05, 0.1) is 11.5 Å². The third-order valence-corrected chi connectivity index (χ3v) is 8.90. The molecule has 4 rings (SSSR count). The fraction of sp³-hybridized carbons (Fsp3) is 0.700. The lowest BCUT2D eigenvalue weighted by molar-refractivity contribution is 0.0303. The van der Waals surface area contributed by atoms with Crippen molar-refractivity contribution in [3.63, 3.8) is 0 Å². The molecular formula is C20H30N2O3S. The largest absolute Gasteiger partial charge is 0.508 e. The number of rotatable bonds is 3. The van der Waals surface area contributed by atoms with Crippen LogP contribution in [-0.4, -0.2) is 74.1 Å². The predicted octanol–water partition coefficient (Wildman–Crippen LogP) is 1.65. The van der Waals surface area contributed by atoms with Gasteiger partial charge in [-0.1, -0.05) is 13.0 Å². The van der Waals surface area contributed by atoms with E-state index in [9.17, 15) is 13.5 Å². The van der Waals surface area contributed by atoms with Crippen molar-refractivity contribution in [2.24, 2.45) is 5.92 Å². The summed E-state index contributed by atoms with van der Waals surface area (Å²) in [6.07, 6.45) is 3.19. The van der Waals surface area contributed by atoms with E-state index >= 15 is 0 Å². The zero-order valence-corrected chi connectivity index (χ0v) is 16.6. The number of nitrogens with zero attached hydrogens (tertiary/aromatic N) is 2. The van der Waals surface area contributed by atoms with E-state index < -0.39 is 9.84 Å². The standard InChI is InChI=1S/C20H30N2O3S/c1-15-19-13-16-3-4-17(23)14-18(16)20(15,5-7-21(19)2)6-8-22-9-11-26(24,25)12-10-22/h3-4,14-15,19,23H,5-13H2,1-2H3/t15-,19+,20+/m0/s1. The van der Waals surface area contributed by atoms with Crippen molar-refractivity contribution in [3.05, 3.63) is 29.3 Å². The molecule has 3 atom stereocenters. The van der Waals surface area contributed by atoms with Crippen LogP contribution in [0, 0.1) is 5.92 Å². The lowest BCUT2D eigenvalue weighted by Crippen LogP contribution is -2.58. The summed E-state index contributed by atoms with van der Waals surface area (Å²) in [5.41, 5.74) is 2.79. The molecule has 26 heavy (non-hydrogen) atoms. The minimum absolute atomic E-state index is 0.0832. The molecule has 0 aromatic heterocycles. The fourth-order valence-electron chi connectivity index (χ4n) is 5.48. The molecule has 2 heterocycles. The number of phenolic OH excluding ortho intramolecular Hbond substituents is 1. The third-order valence-electron chi connectivity index (χ3n) is 7.30. The topological polar surface area (TPSA) is 60.9 Å². The van der Waals surface area contributed by atoms with Crippen LogP contribution in [0.4, 0.5) is 0 Å². The van der Waals surface area contributed by atoms with E-state index in [0.29, 0.717) is 30.8 Å². The number of piperidine rings is 1. The molecule has 1 aliphatic carbocycles. The van der Waals surface area contributed by atoms with Crippen LogP contribution in [0.2, 0.25) is 0 Å². The number of hydrogen-bond acceptors (Lipinski definition) is 5. The first-order chi connectivity index (χ1) is 12.3. The maximum atomic E-state index is 11.7. The Balaban J connectivity index is 1.61. The molecule has 0 radical (unpaired) electrons. The maximum Gasteiger partial charge on any atom is 0.152 e. The average molecular weight is 379 g/mol. The molecule has 1 aromatic rings. The minimum atomic E-state index is -2.83. The Bertz CT molecular complexity index is 780. The monoisotopic (exact) mass is 378 g/mol. The van der Waals surface area contributed by atoms with E-state index in [-0.39, 0.29) is 16.9 Å². The Morgan fingerprint density at radius 2 is 1.96 bits per heavy atom. The third kappa shape index (κ3) is 3.06. The van der Waals surface area contributed by atoms with Crippen LogP contribution in [0.3, 0.4) is 0 Å². The second kappa shape index (κ2) is 6.50. The highest BCUT2D eigenvalue weighted by Crippen LogP contribution is 2.51. The van der Waals surface area contributed by atoms with Gasteiger partial charge in [0.15, 0.2) is 9.84 Å². The van der Waals surface area contributed by atoms with Gasteiger partial charge in [0.2, 0.25) is 0 Å². The number of sulfone groups is 1. The van der Waals surface area contributed by atoms with Crippen molar-refractivity contribution in [2.45, 2.75) is 37.6 Å². The van der Waals surface area contributed by atoms with Gasteiger partial charge in [-0.2, -0.15) is 0 Å². The molecule has 144 valence electrons. The first-order valence-electron chi connectivity index (χ1n) is 9.76. The highest BCUT2D eigenvalue weighted by atomic mass is 32.2. The van der Waals surface area contributed by atoms with Gasteiger partial charge < -0.3 is 14.9 Å². The molecule has 1 aromatic carbocycles. The SMILES string of the molecule is C[C@H]1[C@H]2Cc3ccc(O)cc3[C@@]1(CCN1CCS(=O)(=O)CC1)CCN2C. The van der Waals surface area contributed by atoms with Gasteiger partial charge in [-0.05, 0) is 68.6 Å². The number of likely N-dealkylation sites (tertiary alicyclic amines) is 1. The van der Waals surface area contributed by atoms with Crippen molar-refractivity contribution in [1.82, 2.24) is 9.80 Å². The van der Waals surface area contributed by atoms with Crippen molar-refractivity contribution in [1.29, 1.82) is 0 Å². The molecule has 2 bridgehead atoms. The number of hydrogen-bond donors (Lipinski definition) is 1. The predicted molar refractivity (Wildman–Crippen MR) is 103 cm³/mol. The van der Waals surface area contributed by atoms with Gasteiger partial charge >= 0.3 is 0 Å². The van der Waals surface area contributed by atoms with E-state index in [2.05, 4.69) is 29.8 Å². The van der Waals surface area contributed by atoms with E-state index in [1.165, 1.54) is 11.1 Å². The molecule has 2 aliphatic heterocycles. The highest BCUT2D eigenvalue weighted by molar-refractivity contribution is 7.91. The molecule has 0 unspecified atom stereocenters. The van der Waals surface area contributed by atoms with E-state index in [1.54, 1.807) is 0 Å². The Morgan fingerprint density at radius 3 is 2.69 bits per heavy atom. The quantitative estimate of drug-likeness (QED) is 0.867. The molecule has 6 heteroatoms. The molecule has 3 aliphatic rings. The van der Waals surface area contributed by atoms with Crippen molar-refractivity contribution < 1.29 is 13.5 Å². The first-order valence-corrected chi connectivity index (χ1v) is 11.6. The second-order valence-electron chi connectivity index (χ2n) is 8.53. The van der Waals surface area contributed by atoms with Gasteiger partial charge in [-0.15, -0.1) is 0 Å². The minimum Gasteiger partial charge on any atom is -0.508 e. The Morgan fingerprint density at radius 1 is 1.23 bits per heavy atom. The Labute approximate surface area is 156 Å². The fourth-order valence-corrected chi connectivity index (χ4v) is 6.76. The molecule has 5 nitrogen and oxygen atoms in total. The molecule has 0 amide bonds. The molecule has 2 saturated heterocycles. The van der Waals surface area contributed by atoms with Crippen molar-refractivity contribution in [3.8, 4) is 5.75 Å². The van der Waals surface area contributed by atoms with E-state index in [0.717, 1.165) is 32.4 Å². The number of benzene rings is 1. The van der Waals surface area contributed by atoms with Gasteiger partial charge in [0.25, 0.3) is 0 Å². The lowest BCUT2D eigenvalue weighted by Gasteiger charge is -2.55. The number of aromatic hydroxyl groups is 1. The zero-order chi connectivity index (χ0) is 18.5. The van der Waals surface area contributed by atoms with Crippen LogP contribution in [0.1, 0.15) is 30.9 Å². The summed E-state index contributed by atoms with van der Waals surface area (Å²) in [6.45, 7) is 5.70.